The van der Waals surface area contributed by atoms with Crippen molar-refractivity contribution in [2.24, 2.45) is 0 Å². The molecule has 0 heterocycles. The van der Waals surface area contributed by atoms with Gasteiger partial charge in [0.2, 0.25) is 0 Å². The molecule has 0 bridgehead atoms. The summed E-state index contributed by atoms with van der Waals surface area (Å²) < 4.78 is 1.34. The third-order valence-corrected chi connectivity index (χ3v) is 4.57. The topological polar surface area (TPSA) is 36.5 Å². The second kappa shape index (κ2) is 6.62. The standard InChI is InChI=1S/C10H16I.ClH.H3N/c1-11(2,3)9-10-7-5-4-6-8-10;;/h4-8H,9H2,1-3H3;1H;1H3/q-1;;. The van der Waals surface area contributed by atoms with E-state index < -0.39 is 18.4 Å². The fourth-order valence-corrected chi connectivity index (χ4v) is 4.18. The van der Waals surface area contributed by atoms with Crippen LogP contribution >= 0.6 is 0 Å². The predicted molar refractivity (Wildman–Crippen MR) is 53.9 cm³/mol. The molecule has 13 heavy (non-hydrogen) atoms. The van der Waals surface area contributed by atoms with Gasteiger partial charge in [-0.05, 0) is 0 Å². The van der Waals surface area contributed by atoms with Crippen molar-refractivity contribution >= 4 is 0 Å². The number of benzene rings is 1. The summed E-state index contributed by atoms with van der Waals surface area (Å²) in [6.45, 7) is 0. The number of hydrogen-bond donors (Lipinski definition) is 1. The summed E-state index contributed by atoms with van der Waals surface area (Å²) in [5.41, 5.74) is 1.51. The zero-order valence-corrected chi connectivity index (χ0v) is 11.8. The summed E-state index contributed by atoms with van der Waals surface area (Å²) in [6, 6.07) is 10.8. The normalized spacial score (nSPS) is 11.0. The van der Waals surface area contributed by atoms with Gasteiger partial charge in [0.1, 0.15) is 0 Å². The maximum absolute atomic E-state index is 2.44. The molecule has 0 fully saturated rings. The van der Waals surface area contributed by atoms with Gasteiger partial charge in [-0.3, -0.25) is 0 Å². The Kier molecular flexibility index (Phi) is 7.98. The summed E-state index contributed by atoms with van der Waals surface area (Å²) >= 11 is -1.28. The number of hydrogen-bond acceptors (Lipinski definition) is 0. The van der Waals surface area contributed by atoms with Crippen molar-refractivity contribution < 1.29 is 30.8 Å². The van der Waals surface area contributed by atoms with Crippen LogP contribution in [0.15, 0.2) is 30.3 Å². The van der Waals surface area contributed by atoms with E-state index in [1.54, 1.807) is 0 Å². The Morgan fingerprint density at radius 2 is 1.46 bits per heavy atom. The van der Waals surface area contributed by atoms with Crippen LogP contribution in [0.4, 0.5) is 0 Å². The average molecular weight is 317 g/mol. The van der Waals surface area contributed by atoms with Crippen molar-refractivity contribution in [3.8, 4) is 0 Å². The van der Waals surface area contributed by atoms with E-state index in [2.05, 4.69) is 45.1 Å². The molecule has 0 aliphatic heterocycles. The van der Waals surface area contributed by atoms with Crippen molar-refractivity contribution in [1.29, 1.82) is 0 Å². The first-order valence-electron chi connectivity index (χ1n) is 3.67. The number of rotatable bonds is 2. The van der Waals surface area contributed by atoms with Crippen LogP contribution in [0.3, 0.4) is 0 Å². The van der Waals surface area contributed by atoms with Crippen LogP contribution in [0.5, 0.6) is 0 Å². The third-order valence-electron chi connectivity index (χ3n) is 1.40. The van der Waals surface area contributed by atoms with E-state index in [0.29, 0.717) is 0 Å². The minimum atomic E-state index is -1.28. The smallest absolute Gasteiger partial charge is 0.369 e. The maximum Gasteiger partial charge on any atom is -0.369 e. The van der Waals surface area contributed by atoms with Gasteiger partial charge in [0.15, 0.2) is 0 Å². The Balaban J connectivity index is 0. The van der Waals surface area contributed by atoms with Gasteiger partial charge in [0.25, 0.3) is 0 Å². The van der Waals surface area contributed by atoms with Crippen molar-refractivity contribution in [1.82, 2.24) is 6.15 Å². The molecule has 80 valence electrons. The van der Waals surface area contributed by atoms with Crippen molar-refractivity contribution in [2.75, 3.05) is 14.8 Å². The molecule has 0 aliphatic carbocycles. The monoisotopic (exact) mass is 316 g/mol. The summed E-state index contributed by atoms with van der Waals surface area (Å²) in [5.74, 6) is 0. The molecule has 1 aromatic carbocycles. The molecule has 4 N–H and O–H groups in total. The third kappa shape index (κ3) is 7.28. The van der Waals surface area contributed by atoms with Crippen LogP contribution in [0.25, 0.3) is 0 Å². The van der Waals surface area contributed by atoms with Crippen LogP contribution in [-0.2, 0) is 4.43 Å². The Morgan fingerprint density at radius 1 is 1.00 bits per heavy atom. The summed E-state index contributed by atoms with van der Waals surface area (Å²) in [5, 5.41) is 0. The van der Waals surface area contributed by atoms with Gasteiger partial charge < -0.3 is 18.6 Å². The van der Waals surface area contributed by atoms with E-state index >= 15 is 0 Å². The molecule has 0 saturated carbocycles. The second-order valence-corrected chi connectivity index (χ2v) is 15.4. The molecule has 0 atom stereocenters. The molecule has 1 rings (SSSR count). The molecule has 0 aromatic heterocycles. The zero-order valence-electron chi connectivity index (χ0n) is 8.85. The molecule has 0 unspecified atom stereocenters. The molecule has 0 aliphatic rings. The zero-order chi connectivity index (χ0) is 8.32. The average Bonchev–Trinajstić information content (AvgIpc) is 1.85. The Bertz CT molecular complexity index is 218. The summed E-state index contributed by atoms with van der Waals surface area (Å²) in [7, 11) is 0. The van der Waals surface area contributed by atoms with Crippen LogP contribution in [-0.4, -0.2) is 14.8 Å². The molecule has 0 spiro atoms. The fraction of sp³-hybridized carbons (Fsp3) is 0.400. The van der Waals surface area contributed by atoms with E-state index in [9.17, 15) is 0 Å². The van der Waals surface area contributed by atoms with Gasteiger partial charge in [-0.2, -0.15) is 0 Å². The maximum atomic E-state index is 2.44. The number of quaternary nitrogens is 1. The molecule has 0 saturated heterocycles. The van der Waals surface area contributed by atoms with Gasteiger partial charge >= 0.3 is 73.5 Å². The van der Waals surface area contributed by atoms with Crippen LogP contribution in [0.1, 0.15) is 5.56 Å². The van der Waals surface area contributed by atoms with Crippen molar-refractivity contribution in [2.45, 2.75) is 4.43 Å². The minimum Gasteiger partial charge on any atom is -1.00 e. The molecular formula is C10H20ClIN-. The summed E-state index contributed by atoms with van der Waals surface area (Å²) in [6.07, 6.45) is 0. The number of alkyl halides is 4. The van der Waals surface area contributed by atoms with E-state index in [0.717, 1.165) is 0 Å². The molecule has 0 radical (unpaired) electrons. The van der Waals surface area contributed by atoms with Gasteiger partial charge in [0, 0.05) is 0 Å². The minimum absolute atomic E-state index is 0. The van der Waals surface area contributed by atoms with E-state index in [-0.39, 0.29) is 18.6 Å². The SMILES string of the molecule is C[I-](C)(C)Cc1ccccc1.[Cl-].[NH4+]. The molecule has 0 amide bonds. The fourth-order valence-electron chi connectivity index (χ4n) is 1.03. The Morgan fingerprint density at radius 3 is 1.85 bits per heavy atom. The van der Waals surface area contributed by atoms with Crippen molar-refractivity contribution in [3.63, 3.8) is 0 Å². The van der Waals surface area contributed by atoms with Crippen LogP contribution in [0.2, 0.25) is 0 Å². The van der Waals surface area contributed by atoms with Crippen LogP contribution in [0, 0.1) is 0 Å². The van der Waals surface area contributed by atoms with Gasteiger partial charge in [0.05, 0.1) is 0 Å². The quantitative estimate of drug-likeness (QED) is 0.437. The first kappa shape index (κ1) is 15.7. The Hall–Kier alpha value is 0.200. The van der Waals surface area contributed by atoms with Gasteiger partial charge in [-0.15, -0.1) is 0 Å². The first-order chi connectivity index (χ1) is 5.08. The van der Waals surface area contributed by atoms with E-state index in [4.69, 9.17) is 0 Å². The van der Waals surface area contributed by atoms with Gasteiger partial charge in [-0.25, -0.2) is 0 Å². The first-order valence-corrected chi connectivity index (χ1v) is 11.7. The largest absolute Gasteiger partial charge is 1.00 e. The predicted octanol–water partition coefficient (Wildman–Crippen LogP) is -3.38. The molecular weight excluding hydrogens is 296 g/mol. The van der Waals surface area contributed by atoms with Crippen molar-refractivity contribution in [3.05, 3.63) is 35.9 Å². The number of halogens is 2. The van der Waals surface area contributed by atoms with E-state index in [1.807, 2.05) is 0 Å². The van der Waals surface area contributed by atoms with Gasteiger partial charge in [-0.1, -0.05) is 0 Å². The van der Waals surface area contributed by atoms with Crippen LogP contribution < -0.4 is 37.0 Å². The summed E-state index contributed by atoms with van der Waals surface area (Å²) in [4.78, 5) is 7.33. The molecule has 3 heteroatoms. The second-order valence-electron chi connectivity index (χ2n) is 3.55. The van der Waals surface area contributed by atoms with E-state index in [1.165, 1.54) is 9.99 Å². The Labute approximate surface area is 91.8 Å². The molecule has 1 aromatic rings. The molecule has 1 nitrogen and oxygen atoms in total.